The Balaban J connectivity index is 2.54. The molecule has 3 amide bonds. The van der Waals surface area contributed by atoms with Gasteiger partial charge in [0.15, 0.2) is 0 Å². The molecule has 1 rings (SSSR count). The summed E-state index contributed by atoms with van der Waals surface area (Å²) in [6.45, 7) is 4.55. The zero-order chi connectivity index (χ0) is 15.9. The number of urea groups is 1. The van der Waals surface area contributed by atoms with Crippen molar-refractivity contribution < 1.29 is 24.2 Å². The number of nitrogens with one attached hydrogen (secondary N) is 3. The van der Waals surface area contributed by atoms with Crippen LogP contribution in [0, 0.1) is 0 Å². The number of carbonyl (C=O) groups is 3. The maximum atomic E-state index is 11.9. The van der Waals surface area contributed by atoms with E-state index in [0.717, 1.165) is 6.42 Å². The highest BCUT2D eigenvalue weighted by molar-refractivity contribution is 5.90. The summed E-state index contributed by atoms with van der Waals surface area (Å²) in [4.78, 5) is 35.0. The van der Waals surface area contributed by atoms with Gasteiger partial charge < -0.3 is 25.8 Å². The van der Waals surface area contributed by atoms with Crippen LogP contribution in [0.25, 0.3) is 0 Å². The number of amides is 3. The normalized spacial score (nSPS) is 18.4. The van der Waals surface area contributed by atoms with E-state index in [0.29, 0.717) is 6.54 Å². The molecule has 1 heterocycles. The van der Waals surface area contributed by atoms with Crippen LogP contribution >= 0.6 is 0 Å². The lowest BCUT2D eigenvalue weighted by atomic mass is 9.90. The van der Waals surface area contributed by atoms with Crippen LogP contribution in [0.3, 0.4) is 0 Å². The third-order valence-electron chi connectivity index (χ3n) is 3.40. The molecule has 120 valence electrons. The fourth-order valence-electron chi connectivity index (χ4n) is 2.03. The van der Waals surface area contributed by atoms with Crippen molar-refractivity contribution in [2.75, 3.05) is 19.8 Å². The molecule has 1 saturated heterocycles. The van der Waals surface area contributed by atoms with E-state index in [4.69, 9.17) is 4.74 Å². The van der Waals surface area contributed by atoms with Crippen LogP contribution in [0.5, 0.6) is 0 Å². The second-order valence-corrected chi connectivity index (χ2v) is 5.11. The van der Waals surface area contributed by atoms with Crippen molar-refractivity contribution in [2.45, 2.75) is 44.7 Å². The number of ether oxygens (including phenoxy) is 1. The van der Waals surface area contributed by atoms with Gasteiger partial charge >= 0.3 is 12.0 Å². The van der Waals surface area contributed by atoms with Gasteiger partial charge in [0.1, 0.15) is 11.6 Å². The summed E-state index contributed by atoms with van der Waals surface area (Å²) in [5.74, 6) is -1.40. The zero-order valence-electron chi connectivity index (χ0n) is 12.4. The van der Waals surface area contributed by atoms with Gasteiger partial charge in [-0.2, -0.15) is 0 Å². The SMILES string of the molecule is CCCNC(=O)C(C)NC(=O)NC1(C(=O)O)CCOCC1. The Kier molecular flexibility index (Phi) is 6.41. The Morgan fingerprint density at radius 2 is 1.90 bits per heavy atom. The first-order valence-electron chi connectivity index (χ1n) is 7.09. The largest absolute Gasteiger partial charge is 0.480 e. The molecule has 1 atom stereocenters. The van der Waals surface area contributed by atoms with Gasteiger partial charge in [0.2, 0.25) is 5.91 Å². The summed E-state index contributed by atoms with van der Waals surface area (Å²) < 4.78 is 5.12. The molecule has 0 aliphatic carbocycles. The number of carboxylic acid groups (broad SMARTS) is 1. The molecule has 0 spiro atoms. The molecular formula is C13H23N3O5. The van der Waals surface area contributed by atoms with Gasteiger partial charge in [0.05, 0.1) is 0 Å². The van der Waals surface area contributed by atoms with Gasteiger partial charge in [-0.1, -0.05) is 6.92 Å². The molecular weight excluding hydrogens is 278 g/mol. The first-order chi connectivity index (χ1) is 9.91. The quantitative estimate of drug-likeness (QED) is 0.543. The van der Waals surface area contributed by atoms with E-state index < -0.39 is 23.6 Å². The Hall–Kier alpha value is -1.83. The molecule has 0 aromatic rings. The predicted molar refractivity (Wildman–Crippen MR) is 74.8 cm³/mol. The summed E-state index contributed by atoms with van der Waals surface area (Å²) in [5, 5.41) is 16.9. The third-order valence-corrected chi connectivity index (χ3v) is 3.40. The van der Waals surface area contributed by atoms with Crippen LogP contribution in [0.4, 0.5) is 4.79 Å². The highest BCUT2D eigenvalue weighted by Gasteiger charge is 2.41. The standard InChI is InChI=1S/C13H23N3O5/c1-3-6-14-10(17)9(2)15-12(20)16-13(11(18)19)4-7-21-8-5-13/h9H,3-8H2,1-2H3,(H,14,17)(H,18,19)(H2,15,16,20). The minimum Gasteiger partial charge on any atom is -0.480 e. The van der Waals surface area contributed by atoms with Gasteiger partial charge in [-0.05, 0) is 13.3 Å². The number of carboxylic acids is 1. The molecule has 0 bridgehead atoms. The van der Waals surface area contributed by atoms with E-state index in [1.54, 1.807) is 6.92 Å². The van der Waals surface area contributed by atoms with Crippen LogP contribution in [-0.4, -0.2) is 54.4 Å². The van der Waals surface area contributed by atoms with Crippen LogP contribution in [0.2, 0.25) is 0 Å². The average Bonchev–Trinajstić information content (AvgIpc) is 2.45. The summed E-state index contributed by atoms with van der Waals surface area (Å²) >= 11 is 0. The van der Waals surface area contributed by atoms with Crippen molar-refractivity contribution in [3.8, 4) is 0 Å². The molecule has 0 saturated carbocycles. The Labute approximate surface area is 123 Å². The molecule has 4 N–H and O–H groups in total. The van der Waals surface area contributed by atoms with E-state index in [1.807, 2.05) is 6.92 Å². The molecule has 1 aliphatic heterocycles. The molecule has 0 radical (unpaired) electrons. The lowest BCUT2D eigenvalue weighted by Crippen LogP contribution is -2.61. The zero-order valence-corrected chi connectivity index (χ0v) is 12.4. The summed E-state index contributed by atoms with van der Waals surface area (Å²) in [5.41, 5.74) is -1.33. The monoisotopic (exact) mass is 301 g/mol. The van der Waals surface area contributed by atoms with Crippen LogP contribution < -0.4 is 16.0 Å². The van der Waals surface area contributed by atoms with Gasteiger partial charge in [-0.25, -0.2) is 9.59 Å². The second kappa shape index (κ2) is 7.82. The molecule has 0 aromatic carbocycles. The van der Waals surface area contributed by atoms with Gasteiger partial charge in [-0.15, -0.1) is 0 Å². The molecule has 8 nitrogen and oxygen atoms in total. The Morgan fingerprint density at radius 1 is 1.29 bits per heavy atom. The van der Waals surface area contributed by atoms with Crippen molar-refractivity contribution in [3.63, 3.8) is 0 Å². The Morgan fingerprint density at radius 3 is 2.43 bits per heavy atom. The number of rotatable bonds is 6. The van der Waals surface area contributed by atoms with E-state index >= 15 is 0 Å². The number of aliphatic carboxylic acids is 1. The molecule has 8 heteroatoms. The fraction of sp³-hybridized carbons (Fsp3) is 0.769. The predicted octanol–water partition coefficient (Wildman–Crippen LogP) is -0.166. The van der Waals surface area contributed by atoms with E-state index in [-0.39, 0.29) is 32.0 Å². The number of carbonyl (C=O) groups excluding carboxylic acids is 2. The first-order valence-corrected chi connectivity index (χ1v) is 7.09. The van der Waals surface area contributed by atoms with E-state index in [9.17, 15) is 19.5 Å². The fourth-order valence-corrected chi connectivity index (χ4v) is 2.03. The van der Waals surface area contributed by atoms with Crippen molar-refractivity contribution >= 4 is 17.9 Å². The van der Waals surface area contributed by atoms with E-state index in [2.05, 4.69) is 16.0 Å². The average molecular weight is 301 g/mol. The number of hydrogen-bond acceptors (Lipinski definition) is 4. The van der Waals surface area contributed by atoms with Crippen molar-refractivity contribution in [1.82, 2.24) is 16.0 Å². The maximum absolute atomic E-state index is 11.9. The second-order valence-electron chi connectivity index (χ2n) is 5.11. The van der Waals surface area contributed by atoms with Crippen LogP contribution in [0.1, 0.15) is 33.1 Å². The number of hydrogen-bond donors (Lipinski definition) is 4. The van der Waals surface area contributed by atoms with Crippen LogP contribution in [0.15, 0.2) is 0 Å². The van der Waals surface area contributed by atoms with Crippen molar-refractivity contribution in [1.29, 1.82) is 0 Å². The first kappa shape index (κ1) is 17.2. The maximum Gasteiger partial charge on any atom is 0.329 e. The van der Waals surface area contributed by atoms with Gasteiger partial charge in [0, 0.05) is 32.6 Å². The highest BCUT2D eigenvalue weighted by Crippen LogP contribution is 2.20. The highest BCUT2D eigenvalue weighted by atomic mass is 16.5. The molecule has 1 aliphatic rings. The van der Waals surface area contributed by atoms with Gasteiger partial charge in [0.25, 0.3) is 0 Å². The minimum absolute atomic E-state index is 0.201. The van der Waals surface area contributed by atoms with Crippen molar-refractivity contribution in [3.05, 3.63) is 0 Å². The summed E-state index contributed by atoms with van der Waals surface area (Å²) in [7, 11) is 0. The lowest BCUT2D eigenvalue weighted by molar-refractivity contribution is -0.148. The molecule has 0 aromatic heterocycles. The third kappa shape index (κ3) is 4.89. The van der Waals surface area contributed by atoms with Crippen LogP contribution in [-0.2, 0) is 14.3 Å². The van der Waals surface area contributed by atoms with E-state index in [1.165, 1.54) is 0 Å². The minimum atomic E-state index is -1.33. The summed E-state index contributed by atoms with van der Waals surface area (Å²) in [6, 6.07) is -1.40. The Bertz CT molecular complexity index is 393. The smallest absolute Gasteiger partial charge is 0.329 e. The topological polar surface area (TPSA) is 117 Å². The molecule has 21 heavy (non-hydrogen) atoms. The lowest BCUT2D eigenvalue weighted by Gasteiger charge is -2.34. The van der Waals surface area contributed by atoms with Gasteiger partial charge in [-0.3, -0.25) is 4.79 Å². The molecule has 1 unspecified atom stereocenters. The summed E-state index contributed by atoms with van der Waals surface area (Å²) in [6.07, 6.45) is 1.20. The van der Waals surface area contributed by atoms with Crippen molar-refractivity contribution in [2.24, 2.45) is 0 Å². The molecule has 1 fully saturated rings.